The van der Waals surface area contributed by atoms with Crippen molar-refractivity contribution in [2.24, 2.45) is 0 Å². The molecule has 15 heteroatoms. The van der Waals surface area contributed by atoms with Crippen molar-refractivity contribution >= 4 is 35.0 Å². The number of nitrogens with one attached hydrogen (secondary N) is 1. The lowest BCUT2D eigenvalue weighted by Gasteiger charge is -2.08. The van der Waals surface area contributed by atoms with Crippen LogP contribution in [0.1, 0.15) is 23.7 Å². The van der Waals surface area contributed by atoms with Crippen LogP contribution in [0.2, 0.25) is 0 Å². The molecule has 0 saturated carbocycles. The number of tetrazole rings is 1. The summed E-state index contributed by atoms with van der Waals surface area (Å²) in [5.41, 5.74) is -1.82. The first-order valence-corrected chi connectivity index (χ1v) is 8.47. The van der Waals surface area contributed by atoms with E-state index in [9.17, 15) is 29.8 Å². The Morgan fingerprint density at radius 3 is 2.50 bits per heavy atom. The molecule has 0 aliphatic heterocycles. The van der Waals surface area contributed by atoms with Crippen LogP contribution in [0.25, 0.3) is 0 Å². The Morgan fingerprint density at radius 1 is 1.25 bits per heavy atom. The number of carbonyl (C=O) groups is 2. The van der Waals surface area contributed by atoms with Crippen LogP contribution in [-0.4, -0.2) is 53.6 Å². The van der Waals surface area contributed by atoms with Gasteiger partial charge in [-0.15, -0.1) is 5.10 Å². The van der Waals surface area contributed by atoms with Crippen molar-refractivity contribution in [2.75, 3.05) is 6.54 Å². The van der Waals surface area contributed by atoms with Crippen molar-refractivity contribution in [2.45, 2.75) is 29.9 Å². The molecule has 1 heterocycles. The molecule has 0 fully saturated rings. The first kappa shape index (κ1) is 20.7. The summed E-state index contributed by atoms with van der Waals surface area (Å²) >= 11 is 0.770. The SMILES string of the molecule is CCn1nnnc1Sc1cc(C(=O)NCCC(=O)O)c([N+](=O)[O-])cc1[N+](=O)[O-]. The van der Waals surface area contributed by atoms with E-state index in [0.29, 0.717) is 12.6 Å². The molecule has 0 radical (unpaired) electrons. The first-order chi connectivity index (χ1) is 13.2. The zero-order chi connectivity index (χ0) is 20.8. The summed E-state index contributed by atoms with van der Waals surface area (Å²) < 4.78 is 1.35. The third-order valence-corrected chi connectivity index (χ3v) is 4.36. The van der Waals surface area contributed by atoms with E-state index >= 15 is 0 Å². The van der Waals surface area contributed by atoms with E-state index in [1.165, 1.54) is 4.68 Å². The van der Waals surface area contributed by atoms with Gasteiger partial charge in [-0.25, -0.2) is 4.68 Å². The first-order valence-electron chi connectivity index (χ1n) is 7.65. The van der Waals surface area contributed by atoms with Crippen LogP contribution in [-0.2, 0) is 11.3 Å². The molecule has 0 unspecified atom stereocenters. The second-order valence-electron chi connectivity index (χ2n) is 5.13. The lowest BCUT2D eigenvalue weighted by molar-refractivity contribution is -0.396. The van der Waals surface area contributed by atoms with Crippen LogP contribution in [0, 0.1) is 20.2 Å². The lowest BCUT2D eigenvalue weighted by atomic mass is 10.1. The smallest absolute Gasteiger partial charge is 0.305 e. The van der Waals surface area contributed by atoms with Crippen LogP contribution in [0.4, 0.5) is 11.4 Å². The quantitative estimate of drug-likeness (QED) is 0.438. The number of hydrogen-bond donors (Lipinski definition) is 2. The van der Waals surface area contributed by atoms with Crippen molar-refractivity contribution in [1.82, 2.24) is 25.5 Å². The predicted molar refractivity (Wildman–Crippen MR) is 92.0 cm³/mol. The van der Waals surface area contributed by atoms with Crippen molar-refractivity contribution in [1.29, 1.82) is 0 Å². The molecule has 2 rings (SSSR count). The number of carboxylic acid groups (broad SMARTS) is 1. The number of nitro benzene ring substituents is 2. The van der Waals surface area contributed by atoms with E-state index in [1.54, 1.807) is 6.92 Å². The maximum absolute atomic E-state index is 12.3. The summed E-state index contributed by atoms with van der Waals surface area (Å²) in [5, 5.41) is 44.5. The topological polar surface area (TPSA) is 196 Å². The summed E-state index contributed by atoms with van der Waals surface area (Å²) in [5.74, 6) is -2.10. The number of nitro groups is 2. The average Bonchev–Trinajstić information content (AvgIpc) is 3.07. The average molecular weight is 411 g/mol. The molecule has 1 amide bonds. The van der Waals surface area contributed by atoms with Crippen molar-refractivity contribution < 1.29 is 24.5 Å². The summed E-state index contributed by atoms with van der Waals surface area (Å²) in [4.78, 5) is 43.6. The molecule has 14 nitrogen and oxygen atoms in total. The molecule has 2 aromatic rings. The predicted octanol–water partition coefficient (Wildman–Crippen LogP) is 0.865. The highest BCUT2D eigenvalue weighted by atomic mass is 32.2. The van der Waals surface area contributed by atoms with Gasteiger partial charge >= 0.3 is 5.97 Å². The van der Waals surface area contributed by atoms with Gasteiger partial charge in [-0.1, -0.05) is 0 Å². The molecule has 0 saturated heterocycles. The highest BCUT2D eigenvalue weighted by molar-refractivity contribution is 7.99. The van der Waals surface area contributed by atoms with Gasteiger partial charge in [0.15, 0.2) is 0 Å². The van der Waals surface area contributed by atoms with Crippen molar-refractivity contribution in [3.63, 3.8) is 0 Å². The Kier molecular flexibility index (Phi) is 6.54. The summed E-state index contributed by atoms with van der Waals surface area (Å²) in [6.45, 7) is 1.85. The van der Waals surface area contributed by atoms with Gasteiger partial charge < -0.3 is 10.4 Å². The molecular formula is C13H13N7O7S. The molecule has 0 bridgehead atoms. The number of benzene rings is 1. The molecule has 0 atom stereocenters. The van der Waals surface area contributed by atoms with Crippen LogP contribution in [0.15, 0.2) is 22.2 Å². The fourth-order valence-electron chi connectivity index (χ4n) is 2.06. The number of aliphatic carboxylic acids is 1. The summed E-state index contributed by atoms with van der Waals surface area (Å²) in [6, 6.07) is 1.67. The minimum absolute atomic E-state index is 0.0801. The van der Waals surface area contributed by atoms with Crippen molar-refractivity contribution in [3.05, 3.63) is 37.9 Å². The largest absolute Gasteiger partial charge is 0.481 e. The Bertz CT molecular complexity index is 945. The molecule has 1 aromatic carbocycles. The van der Waals surface area contributed by atoms with E-state index in [1.807, 2.05) is 0 Å². The summed E-state index contributed by atoms with van der Waals surface area (Å²) in [6.07, 6.45) is -0.389. The second kappa shape index (κ2) is 8.85. The molecule has 2 N–H and O–H groups in total. The minimum Gasteiger partial charge on any atom is -0.481 e. The third-order valence-electron chi connectivity index (χ3n) is 3.34. The zero-order valence-corrected chi connectivity index (χ0v) is 15.1. The number of rotatable bonds is 9. The highest BCUT2D eigenvalue weighted by Crippen LogP contribution is 2.38. The van der Waals surface area contributed by atoms with Gasteiger partial charge in [0, 0.05) is 13.1 Å². The number of hydrogen-bond acceptors (Lipinski definition) is 10. The highest BCUT2D eigenvalue weighted by Gasteiger charge is 2.29. The molecular weight excluding hydrogens is 398 g/mol. The van der Waals surface area contributed by atoms with Crippen LogP contribution < -0.4 is 5.32 Å². The number of amides is 1. The number of aromatic nitrogens is 4. The van der Waals surface area contributed by atoms with Crippen LogP contribution >= 0.6 is 11.8 Å². The fourth-order valence-corrected chi connectivity index (χ4v) is 3.02. The van der Waals surface area contributed by atoms with E-state index < -0.39 is 38.7 Å². The standard InChI is InChI=1S/C13H13N7O7S/c1-2-18-13(15-16-17-18)28-10-5-7(12(23)14-4-3-11(21)22)8(19(24)25)6-9(10)20(26)27/h5-6H,2-4H2,1H3,(H,14,23)(H,21,22). The van der Waals surface area contributed by atoms with Gasteiger partial charge in [-0.2, -0.15) is 0 Å². The third kappa shape index (κ3) is 4.76. The summed E-state index contributed by atoms with van der Waals surface area (Å²) in [7, 11) is 0. The van der Waals surface area contributed by atoms with Gasteiger partial charge in [0.05, 0.1) is 27.2 Å². The van der Waals surface area contributed by atoms with E-state index in [-0.39, 0.29) is 23.0 Å². The van der Waals surface area contributed by atoms with E-state index in [2.05, 4.69) is 20.8 Å². The number of nitrogens with zero attached hydrogens (tertiary/aromatic N) is 6. The fraction of sp³-hybridized carbons (Fsp3) is 0.308. The Labute approximate surface area is 160 Å². The Morgan fingerprint density at radius 2 is 1.93 bits per heavy atom. The molecule has 0 spiro atoms. The number of aryl methyl sites for hydroxylation is 1. The molecule has 148 valence electrons. The molecule has 0 aliphatic carbocycles. The monoisotopic (exact) mass is 411 g/mol. The zero-order valence-electron chi connectivity index (χ0n) is 14.3. The maximum atomic E-state index is 12.3. The number of carbonyl (C=O) groups excluding carboxylic acids is 1. The van der Waals surface area contributed by atoms with E-state index in [4.69, 9.17) is 5.11 Å². The number of carboxylic acids is 1. The van der Waals surface area contributed by atoms with Gasteiger partial charge in [0.1, 0.15) is 5.56 Å². The van der Waals surface area contributed by atoms with Gasteiger partial charge in [0.25, 0.3) is 17.3 Å². The molecule has 0 aliphatic rings. The van der Waals surface area contributed by atoms with Gasteiger partial charge in [0.2, 0.25) is 5.16 Å². The minimum atomic E-state index is -1.17. The molecule has 1 aromatic heterocycles. The van der Waals surface area contributed by atoms with Gasteiger partial charge in [-0.3, -0.25) is 29.8 Å². The normalized spacial score (nSPS) is 10.5. The Balaban J connectivity index is 2.48. The second-order valence-corrected chi connectivity index (χ2v) is 6.14. The van der Waals surface area contributed by atoms with E-state index in [0.717, 1.165) is 17.8 Å². The Hall–Kier alpha value is -3.62. The van der Waals surface area contributed by atoms with Crippen LogP contribution in [0.3, 0.4) is 0 Å². The van der Waals surface area contributed by atoms with Crippen molar-refractivity contribution in [3.8, 4) is 0 Å². The molecule has 28 heavy (non-hydrogen) atoms. The van der Waals surface area contributed by atoms with Crippen LogP contribution in [0.5, 0.6) is 0 Å². The van der Waals surface area contributed by atoms with Gasteiger partial charge in [-0.05, 0) is 35.2 Å². The lowest BCUT2D eigenvalue weighted by Crippen LogP contribution is -2.26. The maximum Gasteiger partial charge on any atom is 0.305 e.